The summed E-state index contributed by atoms with van der Waals surface area (Å²) in [6.07, 6.45) is 17.2. The van der Waals surface area contributed by atoms with Crippen molar-refractivity contribution >= 4 is 24.6 Å². The molecule has 0 saturated carbocycles. The predicted molar refractivity (Wildman–Crippen MR) is 120 cm³/mol. The number of unbranched alkanes of at least 4 members (excludes halogenated alkanes) is 12. The average molecular weight is 417 g/mol. The number of ether oxygens (including phenoxy) is 2. The van der Waals surface area contributed by atoms with E-state index in [1.54, 1.807) is 0 Å². The minimum Gasteiger partial charge on any atom is -0.462 e. The molecule has 0 rings (SSSR count). The zero-order valence-electron chi connectivity index (χ0n) is 18.4. The third-order valence-corrected chi connectivity index (χ3v) is 5.31. The number of carbonyl (C=O) groups is 2. The Morgan fingerprint density at radius 1 is 0.679 bits per heavy atom. The molecule has 1 atom stereocenters. The molecule has 0 fully saturated rings. The number of hydrogen-bond donors (Lipinski definition) is 1. The number of thiol groups is 1. The fraction of sp³-hybridized carbons (Fsp3) is 0.913. The van der Waals surface area contributed by atoms with E-state index in [9.17, 15) is 9.59 Å². The number of esters is 2. The first-order valence-electron chi connectivity index (χ1n) is 11.6. The number of carbonyl (C=O) groups excluding carboxylic acids is 2. The standard InChI is InChI=1S/C23H44O4S/c1-3-5-7-8-9-10-11-12-13-14-16-18-23(25)27-21(20-28)19-26-22(24)17-15-6-4-2/h21,28H,3-20H2,1-2H3/t21-/m1/s1. The lowest BCUT2D eigenvalue weighted by molar-refractivity contribution is -0.157. The van der Waals surface area contributed by atoms with Crippen LogP contribution < -0.4 is 0 Å². The summed E-state index contributed by atoms with van der Waals surface area (Å²) in [4.78, 5) is 23.6. The van der Waals surface area contributed by atoms with Crippen LogP contribution in [0.4, 0.5) is 0 Å². The van der Waals surface area contributed by atoms with Crippen LogP contribution in [0.25, 0.3) is 0 Å². The fourth-order valence-electron chi connectivity index (χ4n) is 3.08. The molecule has 0 heterocycles. The predicted octanol–water partition coefficient (Wildman–Crippen LogP) is 6.65. The molecule has 0 aliphatic rings. The zero-order valence-corrected chi connectivity index (χ0v) is 19.3. The highest BCUT2D eigenvalue weighted by atomic mass is 32.1. The molecule has 166 valence electrons. The van der Waals surface area contributed by atoms with Crippen molar-refractivity contribution in [3.63, 3.8) is 0 Å². The molecule has 0 aliphatic heterocycles. The molecule has 28 heavy (non-hydrogen) atoms. The van der Waals surface area contributed by atoms with Gasteiger partial charge < -0.3 is 9.47 Å². The van der Waals surface area contributed by atoms with Gasteiger partial charge in [-0.25, -0.2) is 0 Å². The maximum Gasteiger partial charge on any atom is 0.306 e. The second kappa shape index (κ2) is 21.0. The second-order valence-corrected chi connectivity index (χ2v) is 8.09. The van der Waals surface area contributed by atoms with E-state index in [-0.39, 0.29) is 18.5 Å². The van der Waals surface area contributed by atoms with Gasteiger partial charge in [-0.05, 0) is 12.8 Å². The highest BCUT2D eigenvalue weighted by Crippen LogP contribution is 2.12. The molecule has 5 heteroatoms. The van der Waals surface area contributed by atoms with Gasteiger partial charge in [-0.1, -0.05) is 90.9 Å². The Morgan fingerprint density at radius 2 is 1.11 bits per heavy atom. The molecule has 0 aromatic carbocycles. The van der Waals surface area contributed by atoms with E-state index in [4.69, 9.17) is 9.47 Å². The van der Waals surface area contributed by atoms with Crippen LogP contribution >= 0.6 is 12.6 Å². The van der Waals surface area contributed by atoms with Crippen molar-refractivity contribution < 1.29 is 19.1 Å². The normalized spacial score (nSPS) is 12.0. The molecule has 4 nitrogen and oxygen atoms in total. The summed E-state index contributed by atoms with van der Waals surface area (Å²) in [6.45, 7) is 4.45. The minimum absolute atomic E-state index is 0.110. The molecular formula is C23H44O4S. The Balaban J connectivity index is 3.58. The van der Waals surface area contributed by atoms with E-state index in [1.807, 2.05) is 0 Å². The van der Waals surface area contributed by atoms with Gasteiger partial charge in [0.25, 0.3) is 0 Å². The molecule has 0 bridgehead atoms. The zero-order chi connectivity index (χ0) is 20.9. The van der Waals surface area contributed by atoms with E-state index in [2.05, 4.69) is 26.5 Å². The van der Waals surface area contributed by atoms with Crippen molar-refractivity contribution in [1.82, 2.24) is 0 Å². The third kappa shape index (κ3) is 18.6. The molecule has 0 spiro atoms. The van der Waals surface area contributed by atoms with Crippen molar-refractivity contribution in [2.45, 2.75) is 123 Å². The van der Waals surface area contributed by atoms with E-state index in [0.717, 1.165) is 32.1 Å². The molecule has 0 aliphatic carbocycles. The Labute approximate surface area is 178 Å². The lowest BCUT2D eigenvalue weighted by Crippen LogP contribution is -2.26. The summed E-state index contributed by atoms with van der Waals surface area (Å²) in [5.74, 6) is -0.0645. The Kier molecular flexibility index (Phi) is 20.5. The Morgan fingerprint density at radius 3 is 1.64 bits per heavy atom. The van der Waals surface area contributed by atoms with Gasteiger partial charge in [-0.15, -0.1) is 0 Å². The molecule has 0 radical (unpaired) electrons. The van der Waals surface area contributed by atoms with Crippen LogP contribution in [-0.4, -0.2) is 30.4 Å². The van der Waals surface area contributed by atoms with Crippen LogP contribution in [0.1, 0.15) is 117 Å². The molecular weight excluding hydrogens is 372 g/mol. The van der Waals surface area contributed by atoms with Crippen molar-refractivity contribution in [3.8, 4) is 0 Å². The summed E-state index contributed by atoms with van der Waals surface area (Å²) in [5.41, 5.74) is 0. The van der Waals surface area contributed by atoms with Gasteiger partial charge in [0, 0.05) is 18.6 Å². The lowest BCUT2D eigenvalue weighted by atomic mass is 10.1. The van der Waals surface area contributed by atoms with Crippen LogP contribution in [-0.2, 0) is 19.1 Å². The van der Waals surface area contributed by atoms with Crippen LogP contribution in [0.3, 0.4) is 0 Å². The van der Waals surface area contributed by atoms with Gasteiger partial charge in [0.15, 0.2) is 0 Å². The maximum atomic E-state index is 11.9. The van der Waals surface area contributed by atoms with E-state index in [1.165, 1.54) is 57.8 Å². The molecule has 0 aromatic rings. The summed E-state index contributed by atoms with van der Waals surface area (Å²) < 4.78 is 10.6. The van der Waals surface area contributed by atoms with Crippen molar-refractivity contribution in [2.24, 2.45) is 0 Å². The monoisotopic (exact) mass is 416 g/mol. The molecule has 0 unspecified atom stereocenters. The average Bonchev–Trinajstić information content (AvgIpc) is 2.69. The summed E-state index contributed by atoms with van der Waals surface area (Å²) in [6, 6.07) is 0. The number of rotatable bonds is 20. The van der Waals surface area contributed by atoms with Crippen LogP contribution in [0, 0.1) is 0 Å². The van der Waals surface area contributed by atoms with Gasteiger partial charge in [0.1, 0.15) is 12.7 Å². The SMILES string of the molecule is CCCCCCCCCCCCCC(=O)O[C@@H](CS)COC(=O)CCCCC. The lowest BCUT2D eigenvalue weighted by Gasteiger charge is -2.16. The maximum absolute atomic E-state index is 11.9. The van der Waals surface area contributed by atoms with E-state index in [0.29, 0.717) is 18.6 Å². The number of hydrogen-bond acceptors (Lipinski definition) is 5. The van der Waals surface area contributed by atoms with Crippen LogP contribution in [0.2, 0.25) is 0 Å². The van der Waals surface area contributed by atoms with Gasteiger partial charge in [0.05, 0.1) is 0 Å². The molecule has 0 aromatic heterocycles. The van der Waals surface area contributed by atoms with Gasteiger partial charge in [-0.3, -0.25) is 9.59 Å². The minimum atomic E-state index is -0.446. The molecule has 0 amide bonds. The summed E-state index contributed by atoms with van der Waals surface area (Å²) in [5, 5.41) is 0. The summed E-state index contributed by atoms with van der Waals surface area (Å²) in [7, 11) is 0. The van der Waals surface area contributed by atoms with Crippen LogP contribution in [0.5, 0.6) is 0 Å². The highest BCUT2D eigenvalue weighted by Gasteiger charge is 2.15. The quantitative estimate of drug-likeness (QED) is 0.137. The second-order valence-electron chi connectivity index (χ2n) is 7.72. The first-order chi connectivity index (χ1) is 13.6. The largest absolute Gasteiger partial charge is 0.462 e. The third-order valence-electron chi connectivity index (χ3n) is 4.90. The highest BCUT2D eigenvalue weighted by molar-refractivity contribution is 7.80. The van der Waals surface area contributed by atoms with Gasteiger partial charge in [-0.2, -0.15) is 12.6 Å². The van der Waals surface area contributed by atoms with Crippen molar-refractivity contribution in [2.75, 3.05) is 12.4 Å². The first-order valence-corrected chi connectivity index (χ1v) is 12.2. The molecule has 0 saturated heterocycles. The van der Waals surface area contributed by atoms with Crippen molar-refractivity contribution in [3.05, 3.63) is 0 Å². The van der Waals surface area contributed by atoms with Crippen LogP contribution in [0.15, 0.2) is 0 Å². The summed E-state index contributed by atoms with van der Waals surface area (Å²) >= 11 is 4.19. The van der Waals surface area contributed by atoms with Crippen molar-refractivity contribution in [1.29, 1.82) is 0 Å². The van der Waals surface area contributed by atoms with E-state index < -0.39 is 6.10 Å². The first kappa shape index (κ1) is 27.3. The topological polar surface area (TPSA) is 52.6 Å². The Bertz CT molecular complexity index is 374. The van der Waals surface area contributed by atoms with E-state index >= 15 is 0 Å². The molecule has 0 N–H and O–H groups in total. The fourth-order valence-corrected chi connectivity index (χ4v) is 3.26. The van der Waals surface area contributed by atoms with Gasteiger partial charge in [0.2, 0.25) is 0 Å². The Hall–Kier alpha value is -0.710. The van der Waals surface area contributed by atoms with Gasteiger partial charge >= 0.3 is 11.9 Å². The smallest absolute Gasteiger partial charge is 0.306 e.